The number of amides is 1. The molecule has 1 aromatic heterocycles. The zero-order valence-corrected chi connectivity index (χ0v) is 19.6. The number of carbonyl (C=O) groups is 2. The average Bonchev–Trinajstić information content (AvgIpc) is 2.82. The van der Waals surface area contributed by atoms with Crippen LogP contribution in [-0.4, -0.2) is 48.4 Å². The van der Waals surface area contributed by atoms with Crippen LogP contribution >= 0.6 is 11.8 Å². The molecule has 0 aliphatic carbocycles. The molecule has 0 radical (unpaired) electrons. The number of thioether (sulfide) groups is 1. The fourth-order valence-corrected chi connectivity index (χ4v) is 5.06. The summed E-state index contributed by atoms with van der Waals surface area (Å²) in [5, 5.41) is 12.1. The molecular formula is C24H24N2O5S2. The van der Waals surface area contributed by atoms with Crippen LogP contribution in [0.15, 0.2) is 78.0 Å². The van der Waals surface area contributed by atoms with Crippen molar-refractivity contribution in [1.29, 1.82) is 0 Å². The van der Waals surface area contributed by atoms with Gasteiger partial charge >= 0.3 is 5.97 Å². The summed E-state index contributed by atoms with van der Waals surface area (Å²) in [6.45, 7) is 0. The highest BCUT2D eigenvalue weighted by Crippen LogP contribution is 2.27. The Bertz CT molecular complexity index is 1220. The summed E-state index contributed by atoms with van der Waals surface area (Å²) in [7, 11) is -3.63. The minimum absolute atomic E-state index is 0.117. The third kappa shape index (κ3) is 6.43. The summed E-state index contributed by atoms with van der Waals surface area (Å²) in [6.07, 6.45) is 4.97. The molecule has 2 N–H and O–H groups in total. The van der Waals surface area contributed by atoms with Crippen LogP contribution < -0.4 is 5.32 Å². The highest BCUT2D eigenvalue weighted by molar-refractivity contribution is 7.98. The van der Waals surface area contributed by atoms with Crippen molar-refractivity contribution in [2.45, 2.75) is 23.1 Å². The second-order valence-corrected chi connectivity index (χ2v) is 10.3. The Kier molecular flexibility index (Phi) is 8.24. The molecule has 1 atom stereocenters. The van der Waals surface area contributed by atoms with Gasteiger partial charge in [0.2, 0.25) is 0 Å². The highest BCUT2D eigenvalue weighted by Gasteiger charge is 2.23. The fourth-order valence-electron chi connectivity index (χ4n) is 3.30. The van der Waals surface area contributed by atoms with E-state index in [1.165, 1.54) is 30.2 Å². The lowest BCUT2D eigenvalue weighted by Crippen LogP contribution is -2.41. The van der Waals surface area contributed by atoms with Crippen molar-refractivity contribution >= 4 is 33.5 Å². The summed E-state index contributed by atoms with van der Waals surface area (Å²) >= 11 is 1.50. The van der Waals surface area contributed by atoms with Crippen molar-refractivity contribution < 1.29 is 23.1 Å². The molecule has 2 aromatic carbocycles. The van der Waals surface area contributed by atoms with Gasteiger partial charge in [-0.25, -0.2) is 13.2 Å². The van der Waals surface area contributed by atoms with Gasteiger partial charge in [-0.15, -0.1) is 0 Å². The zero-order valence-electron chi connectivity index (χ0n) is 18.0. The van der Waals surface area contributed by atoms with Crippen LogP contribution in [0.3, 0.4) is 0 Å². The van der Waals surface area contributed by atoms with Crippen LogP contribution in [0.1, 0.15) is 22.3 Å². The number of carboxylic acid groups (broad SMARTS) is 1. The van der Waals surface area contributed by atoms with Gasteiger partial charge in [-0.05, 0) is 59.4 Å². The molecule has 7 nitrogen and oxygen atoms in total. The maximum atomic E-state index is 13.0. The van der Waals surface area contributed by atoms with Gasteiger partial charge in [-0.3, -0.25) is 9.78 Å². The molecule has 33 heavy (non-hydrogen) atoms. The van der Waals surface area contributed by atoms with E-state index in [1.807, 2.05) is 36.6 Å². The second-order valence-electron chi connectivity index (χ2n) is 7.34. The topological polar surface area (TPSA) is 113 Å². The zero-order chi connectivity index (χ0) is 23.8. The fraction of sp³-hybridized carbons (Fsp3) is 0.208. The number of carbonyl (C=O) groups excluding carboxylic acids is 1. The van der Waals surface area contributed by atoms with Crippen LogP contribution in [0.5, 0.6) is 0 Å². The van der Waals surface area contributed by atoms with Crippen LogP contribution in [0, 0.1) is 0 Å². The van der Waals surface area contributed by atoms with E-state index in [0.29, 0.717) is 23.3 Å². The monoisotopic (exact) mass is 484 g/mol. The number of benzene rings is 2. The highest BCUT2D eigenvalue weighted by atomic mass is 32.2. The lowest BCUT2D eigenvalue weighted by molar-refractivity contribution is -0.139. The van der Waals surface area contributed by atoms with Gasteiger partial charge in [0.05, 0.1) is 10.6 Å². The van der Waals surface area contributed by atoms with Crippen molar-refractivity contribution in [3.63, 3.8) is 0 Å². The van der Waals surface area contributed by atoms with E-state index >= 15 is 0 Å². The molecule has 9 heteroatoms. The summed E-state index contributed by atoms with van der Waals surface area (Å²) < 4.78 is 25.6. The van der Waals surface area contributed by atoms with Crippen molar-refractivity contribution in [3.8, 4) is 11.1 Å². The number of hydrogen-bond donors (Lipinski definition) is 2. The first-order valence-electron chi connectivity index (χ1n) is 10.2. The molecule has 3 rings (SSSR count). The van der Waals surface area contributed by atoms with Crippen LogP contribution in [-0.2, 0) is 20.4 Å². The number of aliphatic carboxylic acids is 1. The average molecular weight is 485 g/mol. The normalized spacial score (nSPS) is 12.2. The van der Waals surface area contributed by atoms with E-state index in [2.05, 4.69) is 10.3 Å². The Morgan fingerprint density at radius 2 is 1.85 bits per heavy atom. The molecule has 0 fully saturated rings. The van der Waals surface area contributed by atoms with Crippen LogP contribution in [0.2, 0.25) is 0 Å². The van der Waals surface area contributed by atoms with Crippen LogP contribution in [0.4, 0.5) is 0 Å². The van der Waals surface area contributed by atoms with E-state index in [9.17, 15) is 23.1 Å². The van der Waals surface area contributed by atoms with Gasteiger partial charge in [-0.2, -0.15) is 11.8 Å². The standard InChI is InChI=1S/C24H24N2O5S2/c1-32-13-11-22(24(28)29)26-23(27)20-10-9-17(14-21(20)18-6-3-2-4-7-18)16-33(30,31)19-8-5-12-25-15-19/h2-10,12,14-15,22H,11,13,16H2,1H3,(H,26,27)(H,28,29)/t22-/m0/s1. The van der Waals surface area contributed by atoms with Gasteiger partial charge in [0.15, 0.2) is 9.84 Å². The maximum Gasteiger partial charge on any atom is 0.326 e. The molecule has 0 unspecified atom stereocenters. The lowest BCUT2D eigenvalue weighted by Gasteiger charge is -2.17. The van der Waals surface area contributed by atoms with Gasteiger partial charge in [-0.1, -0.05) is 36.4 Å². The van der Waals surface area contributed by atoms with Crippen molar-refractivity contribution in [2.75, 3.05) is 12.0 Å². The Morgan fingerprint density at radius 3 is 2.48 bits per heavy atom. The number of pyridine rings is 1. The molecule has 1 amide bonds. The van der Waals surface area contributed by atoms with Crippen molar-refractivity contribution in [1.82, 2.24) is 10.3 Å². The van der Waals surface area contributed by atoms with E-state index in [1.54, 1.807) is 24.3 Å². The molecule has 0 spiro atoms. The summed E-state index contributed by atoms with van der Waals surface area (Å²) in [6, 6.07) is 15.9. The van der Waals surface area contributed by atoms with Gasteiger partial charge in [0.25, 0.3) is 5.91 Å². The molecule has 0 saturated heterocycles. The maximum absolute atomic E-state index is 13.0. The Balaban J connectivity index is 1.96. The molecule has 0 aliphatic rings. The van der Waals surface area contributed by atoms with Crippen molar-refractivity contribution in [2.24, 2.45) is 0 Å². The van der Waals surface area contributed by atoms with E-state index < -0.39 is 27.8 Å². The van der Waals surface area contributed by atoms with Gasteiger partial charge < -0.3 is 10.4 Å². The van der Waals surface area contributed by atoms with Gasteiger partial charge in [0, 0.05) is 18.0 Å². The predicted molar refractivity (Wildman–Crippen MR) is 129 cm³/mol. The number of aromatic nitrogens is 1. The Morgan fingerprint density at radius 1 is 1.09 bits per heavy atom. The number of nitrogens with zero attached hydrogens (tertiary/aromatic N) is 1. The van der Waals surface area contributed by atoms with Crippen molar-refractivity contribution in [3.05, 3.63) is 84.2 Å². The second kappa shape index (κ2) is 11.1. The number of carboxylic acids is 1. The first-order valence-corrected chi connectivity index (χ1v) is 13.2. The quantitative estimate of drug-likeness (QED) is 0.451. The van der Waals surface area contributed by atoms with E-state index in [0.717, 1.165) is 5.56 Å². The predicted octanol–water partition coefficient (Wildman–Crippen LogP) is 3.66. The summed E-state index contributed by atoms with van der Waals surface area (Å²) in [5.41, 5.74) is 2.03. The van der Waals surface area contributed by atoms with E-state index in [-0.39, 0.29) is 16.2 Å². The van der Waals surface area contributed by atoms with Gasteiger partial charge in [0.1, 0.15) is 6.04 Å². The number of rotatable bonds is 10. The molecule has 0 bridgehead atoms. The summed E-state index contributed by atoms with van der Waals surface area (Å²) in [5.74, 6) is -1.29. The number of sulfone groups is 1. The smallest absolute Gasteiger partial charge is 0.326 e. The SMILES string of the molecule is CSCC[C@H](NC(=O)c1ccc(CS(=O)(=O)c2cccnc2)cc1-c1ccccc1)C(=O)O. The molecule has 3 aromatic rings. The molecular weight excluding hydrogens is 460 g/mol. The molecule has 172 valence electrons. The van der Waals surface area contributed by atoms with E-state index in [4.69, 9.17) is 0 Å². The molecule has 1 heterocycles. The first-order chi connectivity index (χ1) is 15.8. The number of hydrogen-bond acceptors (Lipinski definition) is 6. The first kappa shape index (κ1) is 24.5. The Hall–Kier alpha value is -3.17. The minimum atomic E-state index is -3.63. The molecule has 0 saturated carbocycles. The van der Waals surface area contributed by atoms with Crippen LogP contribution in [0.25, 0.3) is 11.1 Å². The third-order valence-corrected chi connectivity index (χ3v) is 7.29. The Labute approximate surface area is 197 Å². The largest absolute Gasteiger partial charge is 0.480 e. The number of nitrogens with one attached hydrogen (secondary N) is 1. The minimum Gasteiger partial charge on any atom is -0.480 e. The summed E-state index contributed by atoms with van der Waals surface area (Å²) in [4.78, 5) is 28.6. The third-order valence-electron chi connectivity index (χ3n) is 4.98. The lowest BCUT2D eigenvalue weighted by atomic mass is 9.97. The molecule has 0 aliphatic heterocycles.